The van der Waals surface area contributed by atoms with Gasteiger partial charge in [0.05, 0.1) is 12.2 Å². The van der Waals surface area contributed by atoms with Crippen LogP contribution in [0.3, 0.4) is 0 Å². The largest absolute Gasteiger partial charge is 0.342 e. The second-order valence-electron chi connectivity index (χ2n) is 6.69. The van der Waals surface area contributed by atoms with E-state index in [1.165, 1.54) is 35.3 Å². The fraction of sp³-hybridized carbons (Fsp3) is 0.625. The number of thiazole rings is 1. The molecule has 2 aromatic rings. The van der Waals surface area contributed by atoms with Crippen molar-refractivity contribution >= 4 is 17.2 Å². The van der Waals surface area contributed by atoms with Gasteiger partial charge in [0.1, 0.15) is 10.5 Å². The van der Waals surface area contributed by atoms with Crippen molar-refractivity contribution in [3.63, 3.8) is 0 Å². The standard InChI is InChI=1S/C16H21N5O2S/c1-10(22)19-16(15-17-11(2)23-20-15)6-7-21(9-16)8-14-18-12-4-3-5-13(12)24-14/h3-9H2,1-2H3,(H,19,22). The first-order chi connectivity index (χ1) is 11.5. The van der Waals surface area contributed by atoms with E-state index >= 15 is 0 Å². The minimum absolute atomic E-state index is 0.0764. The molecule has 0 spiro atoms. The van der Waals surface area contributed by atoms with Crippen molar-refractivity contribution in [1.29, 1.82) is 0 Å². The zero-order valence-electron chi connectivity index (χ0n) is 14.0. The summed E-state index contributed by atoms with van der Waals surface area (Å²) in [6, 6.07) is 0. The highest BCUT2D eigenvalue weighted by Gasteiger charge is 2.44. The summed E-state index contributed by atoms with van der Waals surface area (Å²) in [6.45, 7) is 5.66. The van der Waals surface area contributed by atoms with E-state index in [-0.39, 0.29) is 5.91 Å². The monoisotopic (exact) mass is 347 g/mol. The molecule has 24 heavy (non-hydrogen) atoms. The van der Waals surface area contributed by atoms with E-state index in [9.17, 15) is 4.79 Å². The molecule has 0 bridgehead atoms. The van der Waals surface area contributed by atoms with Gasteiger partial charge >= 0.3 is 0 Å². The van der Waals surface area contributed by atoms with Crippen LogP contribution in [0.1, 0.15) is 47.1 Å². The van der Waals surface area contributed by atoms with Crippen molar-refractivity contribution in [3.8, 4) is 0 Å². The molecule has 1 atom stereocenters. The number of nitrogens with zero attached hydrogens (tertiary/aromatic N) is 4. The van der Waals surface area contributed by atoms with Crippen LogP contribution in [-0.4, -0.2) is 39.0 Å². The van der Waals surface area contributed by atoms with Gasteiger partial charge in [-0.25, -0.2) is 4.98 Å². The van der Waals surface area contributed by atoms with Crippen LogP contribution in [0.5, 0.6) is 0 Å². The Labute approximate surface area is 144 Å². The Morgan fingerprint density at radius 2 is 2.29 bits per heavy atom. The lowest BCUT2D eigenvalue weighted by Gasteiger charge is -2.26. The third-order valence-corrected chi connectivity index (χ3v) is 5.86. The van der Waals surface area contributed by atoms with Gasteiger partial charge in [-0.05, 0) is 25.7 Å². The van der Waals surface area contributed by atoms with Crippen molar-refractivity contribution in [2.45, 2.75) is 51.6 Å². The van der Waals surface area contributed by atoms with E-state index in [2.05, 4.69) is 20.4 Å². The van der Waals surface area contributed by atoms with Gasteiger partial charge < -0.3 is 9.84 Å². The predicted molar refractivity (Wildman–Crippen MR) is 88.6 cm³/mol. The van der Waals surface area contributed by atoms with Gasteiger partial charge in [0.15, 0.2) is 5.82 Å². The molecule has 0 aromatic carbocycles. The molecule has 4 rings (SSSR count). The number of aromatic nitrogens is 3. The zero-order valence-corrected chi connectivity index (χ0v) is 14.8. The molecule has 7 nitrogen and oxygen atoms in total. The van der Waals surface area contributed by atoms with E-state index < -0.39 is 5.54 Å². The molecule has 1 saturated heterocycles. The van der Waals surface area contributed by atoms with Gasteiger partial charge in [-0.1, -0.05) is 5.16 Å². The number of hydrogen-bond acceptors (Lipinski definition) is 7. The van der Waals surface area contributed by atoms with Gasteiger partial charge in [-0.2, -0.15) is 4.98 Å². The fourth-order valence-electron chi connectivity index (χ4n) is 3.70. The predicted octanol–water partition coefficient (Wildman–Crippen LogP) is 1.56. The number of rotatable bonds is 4. The van der Waals surface area contributed by atoms with Crippen molar-refractivity contribution in [2.75, 3.05) is 13.1 Å². The zero-order chi connectivity index (χ0) is 16.7. The van der Waals surface area contributed by atoms with Gasteiger partial charge in [0.2, 0.25) is 11.8 Å². The van der Waals surface area contributed by atoms with Crippen molar-refractivity contribution in [3.05, 3.63) is 27.3 Å². The second-order valence-corrected chi connectivity index (χ2v) is 7.86. The van der Waals surface area contributed by atoms with E-state index in [0.717, 1.165) is 25.9 Å². The van der Waals surface area contributed by atoms with Crippen LogP contribution in [0.4, 0.5) is 0 Å². The first-order valence-corrected chi connectivity index (χ1v) is 9.15. The SMILES string of the molecule is CC(=O)NC1(c2noc(C)n2)CCN(Cc2nc3c(s2)CCC3)C1. The number of nitrogens with one attached hydrogen (secondary N) is 1. The molecule has 1 amide bonds. The molecule has 0 saturated carbocycles. The maximum atomic E-state index is 11.7. The maximum absolute atomic E-state index is 11.7. The highest BCUT2D eigenvalue weighted by molar-refractivity contribution is 7.11. The van der Waals surface area contributed by atoms with Crippen LogP contribution < -0.4 is 5.32 Å². The molecule has 0 radical (unpaired) electrons. The van der Waals surface area contributed by atoms with Crippen molar-refractivity contribution in [2.24, 2.45) is 0 Å². The highest BCUT2D eigenvalue weighted by atomic mass is 32.1. The van der Waals surface area contributed by atoms with Crippen molar-refractivity contribution in [1.82, 2.24) is 25.3 Å². The number of carbonyl (C=O) groups is 1. The Kier molecular flexibility index (Phi) is 3.88. The first-order valence-electron chi connectivity index (χ1n) is 8.33. The Morgan fingerprint density at radius 3 is 3.00 bits per heavy atom. The average molecular weight is 347 g/mol. The third-order valence-electron chi connectivity index (χ3n) is 4.72. The smallest absolute Gasteiger partial charge is 0.223 e. The summed E-state index contributed by atoms with van der Waals surface area (Å²) in [5, 5.41) is 8.29. The second kappa shape index (κ2) is 5.93. The van der Waals surface area contributed by atoms with E-state index in [4.69, 9.17) is 9.51 Å². The lowest BCUT2D eigenvalue weighted by molar-refractivity contribution is -0.121. The average Bonchev–Trinajstić information content (AvgIpc) is 3.23. The van der Waals surface area contributed by atoms with Crippen LogP contribution in [0.2, 0.25) is 0 Å². The number of fused-ring (bicyclic) bond motifs is 1. The number of hydrogen-bond donors (Lipinski definition) is 1. The number of carbonyl (C=O) groups excluding carboxylic acids is 1. The molecular weight excluding hydrogens is 326 g/mol. The van der Waals surface area contributed by atoms with E-state index in [0.29, 0.717) is 18.3 Å². The Morgan fingerprint density at radius 1 is 1.42 bits per heavy atom. The molecule has 1 aliphatic heterocycles. The van der Waals surface area contributed by atoms with Crippen LogP contribution in [0, 0.1) is 6.92 Å². The summed E-state index contributed by atoms with van der Waals surface area (Å²) < 4.78 is 5.14. The maximum Gasteiger partial charge on any atom is 0.223 e. The topological polar surface area (TPSA) is 84.2 Å². The Bertz CT molecular complexity index is 749. The minimum Gasteiger partial charge on any atom is -0.342 e. The summed E-state index contributed by atoms with van der Waals surface area (Å²) >= 11 is 1.83. The normalized spacial score (nSPS) is 23.6. The van der Waals surface area contributed by atoms with Gasteiger partial charge in [-0.15, -0.1) is 11.3 Å². The molecule has 1 N–H and O–H groups in total. The highest BCUT2D eigenvalue weighted by Crippen LogP contribution is 2.33. The van der Waals surface area contributed by atoms with Crippen molar-refractivity contribution < 1.29 is 9.32 Å². The molecular formula is C16H21N5O2S. The van der Waals surface area contributed by atoms with Crippen LogP contribution in [0.25, 0.3) is 0 Å². The van der Waals surface area contributed by atoms with Crippen LogP contribution in [0.15, 0.2) is 4.52 Å². The summed E-state index contributed by atoms with van der Waals surface area (Å²) in [5.74, 6) is 1.01. The molecule has 128 valence electrons. The fourth-order valence-corrected chi connectivity index (χ4v) is 4.90. The van der Waals surface area contributed by atoms with Crippen LogP contribution >= 0.6 is 11.3 Å². The lowest BCUT2D eigenvalue weighted by atomic mass is 9.97. The minimum atomic E-state index is -0.566. The Hall–Kier alpha value is -1.80. The van der Waals surface area contributed by atoms with Gasteiger partial charge in [-0.3, -0.25) is 9.69 Å². The Balaban J connectivity index is 1.52. The number of likely N-dealkylation sites (tertiary alicyclic amines) is 1. The molecule has 1 fully saturated rings. The third kappa shape index (κ3) is 2.84. The summed E-state index contributed by atoms with van der Waals surface area (Å²) in [6.07, 6.45) is 4.30. The summed E-state index contributed by atoms with van der Waals surface area (Å²) in [4.78, 5) is 24.6. The quantitative estimate of drug-likeness (QED) is 0.904. The van der Waals surface area contributed by atoms with Gasteiger partial charge in [0, 0.05) is 31.8 Å². The molecule has 2 aliphatic rings. The number of aryl methyl sites for hydroxylation is 3. The molecule has 2 aromatic heterocycles. The first kappa shape index (κ1) is 15.7. The summed E-state index contributed by atoms with van der Waals surface area (Å²) in [7, 11) is 0. The van der Waals surface area contributed by atoms with E-state index in [1.54, 1.807) is 6.92 Å². The van der Waals surface area contributed by atoms with Crippen LogP contribution in [-0.2, 0) is 29.7 Å². The van der Waals surface area contributed by atoms with E-state index in [1.807, 2.05) is 11.3 Å². The molecule has 1 unspecified atom stereocenters. The molecule has 1 aliphatic carbocycles. The number of amides is 1. The summed E-state index contributed by atoms with van der Waals surface area (Å²) in [5.41, 5.74) is 0.722. The molecule has 3 heterocycles. The lowest BCUT2D eigenvalue weighted by Crippen LogP contribution is -2.47. The van der Waals surface area contributed by atoms with Gasteiger partial charge in [0.25, 0.3) is 0 Å². The molecule has 8 heteroatoms.